The molecule has 0 bridgehead atoms. The maximum Gasteiger partial charge on any atom is 0.255 e. The van der Waals surface area contributed by atoms with Crippen molar-refractivity contribution in [1.29, 1.82) is 0 Å². The maximum absolute atomic E-state index is 12.2. The van der Waals surface area contributed by atoms with E-state index in [0.717, 1.165) is 11.1 Å². The molecule has 21 heavy (non-hydrogen) atoms. The molecule has 5 nitrogen and oxygen atoms in total. The molecule has 0 spiro atoms. The number of thiocarbonyl (C=S) groups is 1. The molecule has 108 valence electrons. The number of amides is 1. The average molecular weight is 301 g/mol. The predicted octanol–water partition coefficient (Wildman–Crippen LogP) is 1.28. The molecule has 0 aliphatic rings. The van der Waals surface area contributed by atoms with E-state index in [1.54, 1.807) is 11.9 Å². The summed E-state index contributed by atoms with van der Waals surface area (Å²) in [6.45, 7) is 0.425. The van der Waals surface area contributed by atoms with Crippen LogP contribution in [0.4, 0.5) is 0 Å². The Hall–Kier alpha value is -2.47. The fourth-order valence-electron chi connectivity index (χ4n) is 1.93. The van der Waals surface area contributed by atoms with E-state index in [2.05, 4.69) is 4.98 Å². The molecule has 0 atom stereocenters. The smallest absolute Gasteiger partial charge is 0.255 e. The van der Waals surface area contributed by atoms with Crippen LogP contribution in [0.3, 0.4) is 0 Å². The van der Waals surface area contributed by atoms with Crippen molar-refractivity contribution >= 4 is 23.1 Å². The van der Waals surface area contributed by atoms with Crippen LogP contribution in [0.1, 0.15) is 21.5 Å². The molecule has 6 heteroatoms. The van der Waals surface area contributed by atoms with E-state index in [9.17, 15) is 9.59 Å². The molecule has 1 aromatic carbocycles. The third kappa shape index (κ3) is 3.76. The molecule has 1 amide bonds. The minimum Gasteiger partial charge on any atom is -0.389 e. The Morgan fingerprint density at radius 1 is 1.29 bits per heavy atom. The fourth-order valence-corrected chi connectivity index (χ4v) is 2.06. The second-order valence-electron chi connectivity index (χ2n) is 4.67. The number of H-pyrrole nitrogens is 1. The topological polar surface area (TPSA) is 79.2 Å². The lowest BCUT2D eigenvalue weighted by Crippen LogP contribution is -2.27. The minimum absolute atomic E-state index is 0.174. The van der Waals surface area contributed by atoms with Crippen molar-refractivity contribution < 1.29 is 4.79 Å². The fraction of sp³-hybridized carbons (Fsp3) is 0.133. The van der Waals surface area contributed by atoms with Crippen molar-refractivity contribution in [3.8, 4) is 0 Å². The van der Waals surface area contributed by atoms with Crippen molar-refractivity contribution in [3.63, 3.8) is 0 Å². The Labute approximate surface area is 127 Å². The Morgan fingerprint density at radius 3 is 2.67 bits per heavy atom. The van der Waals surface area contributed by atoms with Gasteiger partial charge in [0.15, 0.2) is 0 Å². The van der Waals surface area contributed by atoms with E-state index in [4.69, 9.17) is 18.0 Å². The van der Waals surface area contributed by atoms with Gasteiger partial charge in [0.25, 0.3) is 5.91 Å². The van der Waals surface area contributed by atoms with E-state index in [1.165, 1.54) is 18.3 Å². The lowest BCUT2D eigenvalue weighted by Gasteiger charge is -2.17. The van der Waals surface area contributed by atoms with Gasteiger partial charge in [-0.3, -0.25) is 9.59 Å². The lowest BCUT2D eigenvalue weighted by atomic mass is 10.1. The summed E-state index contributed by atoms with van der Waals surface area (Å²) in [6, 6.07) is 10.3. The zero-order valence-corrected chi connectivity index (χ0v) is 12.3. The number of rotatable bonds is 4. The van der Waals surface area contributed by atoms with E-state index >= 15 is 0 Å². The number of nitrogens with zero attached hydrogens (tertiary/aromatic N) is 1. The van der Waals surface area contributed by atoms with Gasteiger partial charge in [-0.05, 0) is 17.7 Å². The molecule has 2 rings (SSSR count). The van der Waals surface area contributed by atoms with Gasteiger partial charge in [0.05, 0.1) is 5.56 Å². The van der Waals surface area contributed by atoms with Gasteiger partial charge in [0.2, 0.25) is 5.56 Å². The molecule has 0 fully saturated rings. The first-order chi connectivity index (χ1) is 9.97. The SMILES string of the molecule is CN(Cc1cccc(C(N)=S)c1)C(=O)c1ccc(=O)[nH]c1. The molecule has 0 unspecified atom stereocenters. The van der Waals surface area contributed by atoms with E-state index in [1.807, 2.05) is 24.3 Å². The molecule has 0 aliphatic heterocycles. The van der Waals surface area contributed by atoms with Crippen LogP contribution in [0.5, 0.6) is 0 Å². The van der Waals surface area contributed by atoms with Crippen molar-refractivity contribution in [2.75, 3.05) is 7.05 Å². The summed E-state index contributed by atoms with van der Waals surface area (Å²) < 4.78 is 0. The summed E-state index contributed by atoms with van der Waals surface area (Å²) in [5, 5.41) is 0. The third-order valence-corrected chi connectivity index (χ3v) is 3.24. The highest BCUT2D eigenvalue weighted by Gasteiger charge is 2.12. The van der Waals surface area contributed by atoms with E-state index in [-0.39, 0.29) is 11.5 Å². The highest BCUT2D eigenvalue weighted by molar-refractivity contribution is 7.80. The number of aromatic amines is 1. The summed E-state index contributed by atoms with van der Waals surface area (Å²) in [4.78, 5) is 27.6. The van der Waals surface area contributed by atoms with Gasteiger partial charge in [0, 0.05) is 31.4 Å². The highest BCUT2D eigenvalue weighted by atomic mass is 32.1. The van der Waals surface area contributed by atoms with Crippen LogP contribution in [0.15, 0.2) is 47.4 Å². The number of hydrogen-bond acceptors (Lipinski definition) is 3. The van der Waals surface area contributed by atoms with Gasteiger partial charge < -0.3 is 15.6 Å². The number of nitrogens with two attached hydrogens (primary N) is 1. The molecule has 1 aromatic heterocycles. The Kier molecular flexibility index (Phi) is 4.49. The van der Waals surface area contributed by atoms with E-state index < -0.39 is 0 Å². The Balaban J connectivity index is 2.13. The zero-order chi connectivity index (χ0) is 15.4. The summed E-state index contributed by atoms with van der Waals surface area (Å²) in [5.41, 5.74) is 7.49. The average Bonchev–Trinajstić information content (AvgIpc) is 2.47. The maximum atomic E-state index is 12.2. The zero-order valence-electron chi connectivity index (χ0n) is 11.5. The van der Waals surface area contributed by atoms with Crippen LogP contribution in [0.25, 0.3) is 0 Å². The number of carbonyl (C=O) groups excluding carboxylic acids is 1. The lowest BCUT2D eigenvalue weighted by molar-refractivity contribution is 0.0784. The second-order valence-corrected chi connectivity index (χ2v) is 5.11. The number of benzene rings is 1. The second kappa shape index (κ2) is 6.32. The standard InChI is InChI=1S/C15H15N3O2S/c1-18(15(20)12-5-6-13(19)17-8-12)9-10-3-2-4-11(7-10)14(16)21/h2-8H,9H2,1H3,(H2,16,21)(H,17,19). The van der Waals surface area contributed by atoms with Gasteiger partial charge in [-0.2, -0.15) is 0 Å². The summed E-state index contributed by atoms with van der Waals surface area (Å²) in [7, 11) is 1.70. The monoisotopic (exact) mass is 301 g/mol. The molecular formula is C15H15N3O2S. The van der Waals surface area contributed by atoms with Crippen molar-refractivity contribution in [3.05, 3.63) is 69.6 Å². The summed E-state index contributed by atoms with van der Waals surface area (Å²) >= 11 is 4.94. The quantitative estimate of drug-likeness (QED) is 0.834. The minimum atomic E-state index is -0.238. The van der Waals surface area contributed by atoms with Crippen molar-refractivity contribution in [2.45, 2.75) is 6.54 Å². The summed E-state index contributed by atoms with van der Waals surface area (Å²) in [6.07, 6.45) is 1.41. The van der Waals surface area contributed by atoms with Crippen LogP contribution in [-0.4, -0.2) is 27.8 Å². The molecule has 0 aliphatic carbocycles. The molecule has 2 aromatic rings. The third-order valence-electron chi connectivity index (χ3n) is 3.01. The van der Waals surface area contributed by atoms with Crippen LogP contribution in [0, 0.1) is 0 Å². The molecular weight excluding hydrogens is 286 g/mol. The largest absolute Gasteiger partial charge is 0.389 e. The van der Waals surface area contributed by atoms with Gasteiger partial charge >= 0.3 is 0 Å². The van der Waals surface area contributed by atoms with Gasteiger partial charge in [0.1, 0.15) is 4.99 Å². The first-order valence-electron chi connectivity index (χ1n) is 6.30. The van der Waals surface area contributed by atoms with Crippen LogP contribution in [0.2, 0.25) is 0 Å². The number of nitrogens with one attached hydrogen (secondary N) is 1. The molecule has 0 radical (unpaired) electrons. The number of carbonyl (C=O) groups is 1. The normalized spacial score (nSPS) is 10.1. The first kappa shape index (κ1) is 14.9. The molecule has 0 saturated carbocycles. The van der Waals surface area contributed by atoms with Gasteiger partial charge in [-0.1, -0.05) is 30.4 Å². The van der Waals surface area contributed by atoms with Crippen LogP contribution in [-0.2, 0) is 6.54 Å². The number of pyridine rings is 1. The van der Waals surface area contributed by atoms with Crippen LogP contribution < -0.4 is 11.3 Å². The van der Waals surface area contributed by atoms with Crippen molar-refractivity contribution in [2.24, 2.45) is 5.73 Å². The number of aromatic nitrogens is 1. The van der Waals surface area contributed by atoms with Crippen LogP contribution >= 0.6 is 12.2 Å². The molecule has 3 N–H and O–H groups in total. The Morgan fingerprint density at radius 2 is 2.05 bits per heavy atom. The van der Waals surface area contributed by atoms with Gasteiger partial charge in [-0.15, -0.1) is 0 Å². The molecule has 1 heterocycles. The first-order valence-corrected chi connectivity index (χ1v) is 6.71. The molecule has 0 saturated heterocycles. The predicted molar refractivity (Wildman–Crippen MR) is 85.2 cm³/mol. The number of hydrogen-bond donors (Lipinski definition) is 2. The summed E-state index contributed by atoms with van der Waals surface area (Å²) in [5.74, 6) is -0.174. The van der Waals surface area contributed by atoms with Gasteiger partial charge in [-0.25, -0.2) is 0 Å². The Bertz CT molecular complexity index is 719. The van der Waals surface area contributed by atoms with Crippen molar-refractivity contribution in [1.82, 2.24) is 9.88 Å². The van der Waals surface area contributed by atoms with E-state index in [0.29, 0.717) is 17.1 Å². The highest BCUT2D eigenvalue weighted by Crippen LogP contribution is 2.10.